The maximum Gasteiger partial charge on any atom is 0.159 e. The molecule has 2 fully saturated rings. The van der Waals surface area contributed by atoms with Crippen molar-refractivity contribution in [2.24, 2.45) is 22.7 Å². The van der Waals surface area contributed by atoms with Crippen LogP contribution in [0, 0.1) is 22.7 Å². The van der Waals surface area contributed by atoms with Crippen LogP contribution in [0.1, 0.15) is 40.5 Å². The molecule has 0 heterocycles. The summed E-state index contributed by atoms with van der Waals surface area (Å²) in [4.78, 5) is 11.9. The van der Waals surface area contributed by atoms with E-state index in [0.717, 1.165) is 5.57 Å². The number of aliphatic hydroxyl groups excluding tert-OH is 1. The molecule has 0 aromatic heterocycles. The van der Waals surface area contributed by atoms with Crippen LogP contribution in [-0.4, -0.2) is 27.7 Å². The van der Waals surface area contributed by atoms with Gasteiger partial charge in [0.15, 0.2) is 5.78 Å². The number of carbonyl (C=O) groups is 1. The third-order valence-corrected chi connectivity index (χ3v) is 5.93. The lowest BCUT2D eigenvalue weighted by atomic mass is 9.67. The Labute approximate surface area is 108 Å². The minimum absolute atomic E-state index is 0.130. The van der Waals surface area contributed by atoms with Gasteiger partial charge >= 0.3 is 0 Å². The Morgan fingerprint density at radius 3 is 2.56 bits per heavy atom. The second-order valence-corrected chi connectivity index (χ2v) is 7.44. The van der Waals surface area contributed by atoms with Gasteiger partial charge < -0.3 is 10.2 Å². The monoisotopic (exact) mass is 250 g/mol. The SMILES string of the molecule is C[C@H]1C(=O)C=C2C[C@@]3(O)CC(C)(C)[C@H](O)[C@H]3[C@@]21C. The number of fused-ring (bicyclic) bond motifs is 3. The van der Waals surface area contributed by atoms with Crippen LogP contribution < -0.4 is 0 Å². The lowest BCUT2D eigenvalue weighted by Gasteiger charge is -2.38. The first kappa shape index (κ1) is 12.4. The van der Waals surface area contributed by atoms with E-state index in [4.69, 9.17) is 0 Å². The summed E-state index contributed by atoms with van der Waals surface area (Å²) in [5, 5.41) is 21.5. The summed E-state index contributed by atoms with van der Waals surface area (Å²) in [6.07, 6.45) is 2.32. The highest BCUT2D eigenvalue weighted by Crippen LogP contribution is 2.68. The van der Waals surface area contributed by atoms with E-state index in [1.165, 1.54) is 0 Å². The number of hydrogen-bond acceptors (Lipinski definition) is 3. The van der Waals surface area contributed by atoms with Crippen molar-refractivity contribution in [3.05, 3.63) is 11.6 Å². The predicted octanol–water partition coefficient (Wildman–Crippen LogP) is 1.68. The van der Waals surface area contributed by atoms with Gasteiger partial charge in [0.05, 0.1) is 11.7 Å². The Balaban J connectivity index is 2.13. The molecule has 0 unspecified atom stereocenters. The molecule has 0 saturated heterocycles. The second-order valence-electron chi connectivity index (χ2n) is 7.44. The molecule has 3 aliphatic carbocycles. The molecule has 0 radical (unpaired) electrons. The molecule has 2 saturated carbocycles. The second kappa shape index (κ2) is 3.07. The van der Waals surface area contributed by atoms with Crippen LogP contribution in [0.2, 0.25) is 0 Å². The van der Waals surface area contributed by atoms with Gasteiger partial charge in [-0.05, 0) is 24.3 Å². The van der Waals surface area contributed by atoms with Crippen molar-refractivity contribution in [1.29, 1.82) is 0 Å². The summed E-state index contributed by atoms with van der Waals surface area (Å²) >= 11 is 0. The normalized spacial score (nSPS) is 53.3. The van der Waals surface area contributed by atoms with Crippen LogP contribution in [0.25, 0.3) is 0 Å². The summed E-state index contributed by atoms with van der Waals surface area (Å²) in [6, 6.07) is 0. The standard InChI is InChI=1S/C15H22O3/c1-8-10(16)5-9-6-15(18)7-13(2,3)12(17)11(15)14(8,9)4/h5,8,11-12,17-18H,6-7H2,1-4H3/t8-,11-,12+,14+,15+/m0/s1. The lowest BCUT2D eigenvalue weighted by molar-refractivity contribution is -0.122. The molecule has 0 aromatic carbocycles. The van der Waals surface area contributed by atoms with Crippen LogP contribution >= 0.6 is 0 Å². The predicted molar refractivity (Wildman–Crippen MR) is 67.8 cm³/mol. The Kier molecular flexibility index (Phi) is 2.11. The minimum atomic E-state index is -0.835. The number of rotatable bonds is 0. The first-order valence-electron chi connectivity index (χ1n) is 6.78. The highest BCUT2D eigenvalue weighted by Gasteiger charge is 2.70. The first-order chi connectivity index (χ1) is 8.13. The maximum absolute atomic E-state index is 11.9. The fourth-order valence-corrected chi connectivity index (χ4v) is 4.87. The van der Waals surface area contributed by atoms with Crippen molar-refractivity contribution in [2.75, 3.05) is 0 Å². The number of hydrogen-bond donors (Lipinski definition) is 2. The summed E-state index contributed by atoms with van der Waals surface area (Å²) in [5.41, 5.74) is -0.432. The van der Waals surface area contributed by atoms with E-state index in [0.29, 0.717) is 12.8 Å². The topological polar surface area (TPSA) is 57.5 Å². The minimum Gasteiger partial charge on any atom is -0.392 e. The Morgan fingerprint density at radius 1 is 1.33 bits per heavy atom. The highest BCUT2D eigenvalue weighted by molar-refractivity contribution is 5.96. The van der Waals surface area contributed by atoms with Gasteiger partial charge in [0.2, 0.25) is 0 Å². The summed E-state index contributed by atoms with van der Waals surface area (Å²) in [7, 11) is 0. The number of carbonyl (C=O) groups excluding carboxylic acids is 1. The van der Waals surface area contributed by atoms with Gasteiger partial charge in [-0.1, -0.05) is 33.3 Å². The van der Waals surface area contributed by atoms with Gasteiger partial charge in [0, 0.05) is 17.3 Å². The number of allylic oxidation sites excluding steroid dienone is 1. The lowest BCUT2D eigenvalue weighted by Crippen LogP contribution is -2.44. The summed E-state index contributed by atoms with van der Waals surface area (Å²) in [5.74, 6) is -0.200. The Hall–Kier alpha value is -0.670. The van der Waals surface area contributed by atoms with E-state index < -0.39 is 11.7 Å². The molecule has 18 heavy (non-hydrogen) atoms. The third-order valence-electron chi connectivity index (χ3n) is 5.93. The average molecular weight is 250 g/mol. The maximum atomic E-state index is 11.9. The van der Waals surface area contributed by atoms with Crippen LogP contribution in [0.15, 0.2) is 11.6 Å². The van der Waals surface area contributed by atoms with Gasteiger partial charge in [0.25, 0.3) is 0 Å². The van der Waals surface area contributed by atoms with Gasteiger partial charge in [-0.25, -0.2) is 0 Å². The molecule has 3 heteroatoms. The smallest absolute Gasteiger partial charge is 0.159 e. The highest BCUT2D eigenvalue weighted by atomic mass is 16.3. The van der Waals surface area contributed by atoms with Crippen molar-refractivity contribution in [2.45, 2.75) is 52.2 Å². The molecule has 0 spiro atoms. The van der Waals surface area contributed by atoms with Crippen molar-refractivity contribution >= 4 is 5.78 Å². The van der Waals surface area contributed by atoms with E-state index in [1.54, 1.807) is 6.08 Å². The molecule has 100 valence electrons. The number of aliphatic hydroxyl groups is 2. The zero-order chi connectivity index (χ0) is 13.5. The van der Waals surface area contributed by atoms with Gasteiger partial charge in [-0.2, -0.15) is 0 Å². The quantitative estimate of drug-likeness (QED) is 0.687. The zero-order valence-corrected chi connectivity index (χ0v) is 11.5. The van der Waals surface area contributed by atoms with Crippen molar-refractivity contribution in [1.82, 2.24) is 0 Å². The van der Waals surface area contributed by atoms with Crippen molar-refractivity contribution < 1.29 is 15.0 Å². The molecule has 2 N–H and O–H groups in total. The van der Waals surface area contributed by atoms with E-state index in [1.807, 2.05) is 27.7 Å². The summed E-state index contributed by atoms with van der Waals surface area (Å²) in [6.45, 7) is 7.97. The average Bonchev–Trinajstić information content (AvgIpc) is 2.63. The van der Waals surface area contributed by atoms with Crippen LogP contribution in [0.3, 0.4) is 0 Å². The summed E-state index contributed by atoms with van der Waals surface area (Å²) < 4.78 is 0. The largest absolute Gasteiger partial charge is 0.392 e. The molecule has 0 aliphatic heterocycles. The van der Waals surface area contributed by atoms with Gasteiger partial charge in [-0.15, -0.1) is 0 Å². The third kappa shape index (κ3) is 1.15. The van der Waals surface area contributed by atoms with Crippen LogP contribution in [0.4, 0.5) is 0 Å². The van der Waals surface area contributed by atoms with Crippen molar-refractivity contribution in [3.8, 4) is 0 Å². The zero-order valence-electron chi connectivity index (χ0n) is 11.5. The van der Waals surface area contributed by atoms with Crippen LogP contribution in [-0.2, 0) is 4.79 Å². The van der Waals surface area contributed by atoms with Gasteiger partial charge in [-0.3, -0.25) is 4.79 Å². The molecular formula is C15H22O3. The number of ketones is 1. The van der Waals surface area contributed by atoms with Gasteiger partial charge in [0.1, 0.15) is 0 Å². The molecule has 3 aliphatic rings. The van der Waals surface area contributed by atoms with E-state index in [-0.39, 0.29) is 28.4 Å². The van der Waals surface area contributed by atoms with Crippen molar-refractivity contribution in [3.63, 3.8) is 0 Å². The molecule has 0 aromatic rings. The van der Waals surface area contributed by atoms with E-state index in [9.17, 15) is 15.0 Å². The fraction of sp³-hybridized carbons (Fsp3) is 0.800. The molecule has 0 bridgehead atoms. The fourth-order valence-electron chi connectivity index (χ4n) is 4.87. The van der Waals surface area contributed by atoms with E-state index in [2.05, 4.69) is 0 Å². The first-order valence-corrected chi connectivity index (χ1v) is 6.78. The molecule has 5 atom stereocenters. The molecule has 3 rings (SSSR count). The Bertz CT molecular complexity index is 464. The molecule has 0 amide bonds. The Morgan fingerprint density at radius 2 is 1.94 bits per heavy atom. The van der Waals surface area contributed by atoms with Crippen LogP contribution in [0.5, 0.6) is 0 Å². The van der Waals surface area contributed by atoms with E-state index >= 15 is 0 Å². The molecule has 3 nitrogen and oxygen atoms in total. The molecular weight excluding hydrogens is 228 g/mol.